The molecule has 2 aromatic heterocycles. The zero-order valence-corrected chi connectivity index (χ0v) is 25.4. The highest BCUT2D eigenvalue weighted by molar-refractivity contribution is 6.08. The first-order valence-corrected chi connectivity index (χ1v) is 14.4. The van der Waals surface area contributed by atoms with Crippen LogP contribution in [0.1, 0.15) is 48.9 Å². The molecule has 244 valence electrons. The molecule has 7 nitrogen and oxygen atoms in total. The average Bonchev–Trinajstić information content (AvgIpc) is 3.66. The van der Waals surface area contributed by atoms with Crippen molar-refractivity contribution in [3.05, 3.63) is 76.9 Å². The lowest BCUT2D eigenvalue weighted by molar-refractivity contribution is -0.143. The molecule has 5 rings (SSSR count). The minimum absolute atomic E-state index is 0.00710. The number of rotatable bonds is 6. The third kappa shape index (κ3) is 6.16. The van der Waals surface area contributed by atoms with E-state index in [2.05, 4.69) is 10.1 Å². The number of carbonyl (C=O) groups is 2. The minimum Gasteiger partial charge on any atom is -0.341 e. The number of benzene rings is 2. The maximum Gasteiger partial charge on any atom is 0.416 e. The number of aryl methyl sites for hydroxylation is 1. The lowest BCUT2D eigenvalue weighted by Gasteiger charge is -2.32. The quantitative estimate of drug-likeness (QED) is 0.208. The Morgan fingerprint density at radius 1 is 0.891 bits per heavy atom. The van der Waals surface area contributed by atoms with E-state index in [4.69, 9.17) is 0 Å². The van der Waals surface area contributed by atoms with Gasteiger partial charge in [0.25, 0.3) is 0 Å². The van der Waals surface area contributed by atoms with Gasteiger partial charge in [-0.2, -0.15) is 31.4 Å². The molecule has 1 saturated heterocycles. The van der Waals surface area contributed by atoms with E-state index in [1.165, 1.54) is 56.2 Å². The summed E-state index contributed by atoms with van der Waals surface area (Å²) in [6, 6.07) is 5.06. The standard InChI is InChI=1S/C32H30F7N5O2/c1-18-11-22(33)7-8-23(18)27-24-15-41-44(17-26(45)43-9-5-6-10-43)28(24)40-16-25(27)42(4)29(46)30(2,3)19-12-20(31(34,35)36)14-21(13-19)32(37,38)39/h7-8,11-16H,5-6,9-10,17H2,1-4H3. The number of aromatic nitrogens is 3. The average molecular weight is 650 g/mol. The number of amides is 2. The number of pyridine rings is 1. The van der Waals surface area contributed by atoms with E-state index in [9.17, 15) is 40.3 Å². The highest BCUT2D eigenvalue weighted by Gasteiger charge is 2.41. The van der Waals surface area contributed by atoms with Crippen LogP contribution in [0.3, 0.4) is 0 Å². The van der Waals surface area contributed by atoms with E-state index in [-0.39, 0.29) is 24.2 Å². The second-order valence-electron chi connectivity index (χ2n) is 11.9. The van der Waals surface area contributed by atoms with Gasteiger partial charge in [-0.25, -0.2) is 14.1 Å². The molecule has 3 heterocycles. The molecule has 0 N–H and O–H groups in total. The fraction of sp³-hybridized carbons (Fsp3) is 0.375. The summed E-state index contributed by atoms with van der Waals surface area (Å²) in [5, 5.41) is 4.76. The number of fused-ring (bicyclic) bond motifs is 1. The zero-order chi connectivity index (χ0) is 33.8. The molecule has 2 amide bonds. The summed E-state index contributed by atoms with van der Waals surface area (Å²) in [7, 11) is 1.33. The Balaban J connectivity index is 1.62. The molecule has 1 aliphatic heterocycles. The number of anilines is 1. The normalized spacial score (nSPS) is 14.3. The first-order valence-electron chi connectivity index (χ1n) is 14.4. The molecular weight excluding hydrogens is 619 g/mol. The predicted molar refractivity (Wildman–Crippen MR) is 156 cm³/mol. The van der Waals surface area contributed by atoms with Gasteiger partial charge in [-0.3, -0.25) is 9.59 Å². The molecule has 46 heavy (non-hydrogen) atoms. The van der Waals surface area contributed by atoms with Gasteiger partial charge in [0.2, 0.25) is 11.8 Å². The third-order valence-electron chi connectivity index (χ3n) is 8.36. The summed E-state index contributed by atoms with van der Waals surface area (Å²) in [5.74, 6) is -1.50. The van der Waals surface area contributed by atoms with Crippen molar-refractivity contribution in [2.24, 2.45) is 0 Å². The maximum atomic E-state index is 14.1. The predicted octanol–water partition coefficient (Wildman–Crippen LogP) is 7.15. The number of carbonyl (C=O) groups excluding carboxylic acids is 2. The maximum absolute atomic E-state index is 14.1. The van der Waals surface area contributed by atoms with Crippen LogP contribution in [0, 0.1) is 12.7 Å². The molecule has 0 atom stereocenters. The second-order valence-corrected chi connectivity index (χ2v) is 11.9. The molecule has 2 aromatic carbocycles. The molecule has 4 aromatic rings. The summed E-state index contributed by atoms with van der Waals surface area (Å²) in [6.07, 6.45) is -5.63. The van der Waals surface area contributed by atoms with Crippen LogP contribution in [-0.4, -0.2) is 51.6 Å². The summed E-state index contributed by atoms with van der Waals surface area (Å²) in [5.41, 5.74) is -3.69. The van der Waals surface area contributed by atoms with E-state index in [0.717, 1.165) is 17.7 Å². The molecule has 14 heteroatoms. The van der Waals surface area contributed by atoms with E-state index in [0.29, 0.717) is 52.9 Å². The minimum atomic E-state index is -5.10. The van der Waals surface area contributed by atoms with Gasteiger partial charge in [-0.15, -0.1) is 0 Å². The van der Waals surface area contributed by atoms with Crippen molar-refractivity contribution in [3.8, 4) is 11.1 Å². The topological polar surface area (TPSA) is 71.3 Å². The van der Waals surface area contributed by atoms with Crippen molar-refractivity contribution in [1.29, 1.82) is 0 Å². The number of alkyl halides is 6. The van der Waals surface area contributed by atoms with Gasteiger partial charge in [0, 0.05) is 31.1 Å². The smallest absolute Gasteiger partial charge is 0.341 e. The van der Waals surface area contributed by atoms with Gasteiger partial charge in [-0.1, -0.05) is 6.07 Å². The Bertz CT molecular complexity index is 1790. The van der Waals surface area contributed by atoms with Gasteiger partial charge in [0.15, 0.2) is 5.65 Å². The van der Waals surface area contributed by atoms with Gasteiger partial charge < -0.3 is 9.80 Å². The Kier molecular flexibility index (Phi) is 8.37. The Morgan fingerprint density at radius 2 is 1.48 bits per heavy atom. The van der Waals surface area contributed by atoms with E-state index in [1.807, 2.05) is 0 Å². The van der Waals surface area contributed by atoms with Gasteiger partial charge in [-0.05, 0) is 80.6 Å². The highest BCUT2D eigenvalue weighted by Crippen LogP contribution is 2.42. The van der Waals surface area contributed by atoms with Crippen molar-refractivity contribution in [3.63, 3.8) is 0 Å². The van der Waals surface area contributed by atoms with Crippen LogP contribution in [-0.2, 0) is 33.9 Å². The number of hydrogen-bond donors (Lipinski definition) is 0. The summed E-state index contributed by atoms with van der Waals surface area (Å²) in [6.45, 7) is 5.28. The molecule has 0 saturated carbocycles. The van der Waals surface area contributed by atoms with E-state index in [1.54, 1.807) is 11.8 Å². The van der Waals surface area contributed by atoms with E-state index < -0.39 is 46.2 Å². The Labute approximate surface area is 259 Å². The summed E-state index contributed by atoms with van der Waals surface area (Å²) >= 11 is 0. The Morgan fingerprint density at radius 3 is 2.04 bits per heavy atom. The number of halogens is 7. The lowest BCUT2D eigenvalue weighted by Crippen LogP contribution is -2.42. The highest BCUT2D eigenvalue weighted by atomic mass is 19.4. The first-order chi connectivity index (χ1) is 21.4. The number of hydrogen-bond acceptors (Lipinski definition) is 4. The largest absolute Gasteiger partial charge is 0.416 e. The van der Waals surface area contributed by atoms with Gasteiger partial charge >= 0.3 is 12.4 Å². The van der Waals surface area contributed by atoms with Crippen LogP contribution in [0.2, 0.25) is 0 Å². The van der Waals surface area contributed by atoms with Crippen molar-refractivity contribution < 1.29 is 40.3 Å². The number of likely N-dealkylation sites (N-methyl/N-ethyl adjacent to an activating group) is 1. The SMILES string of the molecule is Cc1cc(F)ccc1-c1c(N(C)C(=O)C(C)(C)c2cc(C(F)(F)F)cc(C(F)(F)F)c2)cnc2c1cnn2CC(=O)N1CCCC1. The zero-order valence-electron chi connectivity index (χ0n) is 25.4. The molecule has 0 bridgehead atoms. The van der Waals surface area contributed by atoms with Gasteiger partial charge in [0.05, 0.1) is 34.6 Å². The molecular formula is C32H30F7N5O2. The lowest BCUT2D eigenvalue weighted by atomic mass is 9.81. The monoisotopic (exact) mass is 649 g/mol. The van der Waals surface area contributed by atoms with Crippen LogP contribution in [0.4, 0.5) is 36.4 Å². The molecule has 0 unspecified atom stereocenters. The fourth-order valence-corrected chi connectivity index (χ4v) is 5.74. The molecule has 0 spiro atoms. The second kappa shape index (κ2) is 11.7. The van der Waals surface area contributed by atoms with E-state index >= 15 is 0 Å². The van der Waals surface area contributed by atoms with Crippen LogP contribution in [0.5, 0.6) is 0 Å². The van der Waals surface area contributed by atoms with Crippen LogP contribution >= 0.6 is 0 Å². The van der Waals surface area contributed by atoms with Crippen LogP contribution in [0.15, 0.2) is 48.8 Å². The first kappa shape index (κ1) is 32.9. The van der Waals surface area contributed by atoms with Crippen molar-refractivity contribution >= 4 is 28.5 Å². The molecule has 0 radical (unpaired) electrons. The van der Waals surface area contributed by atoms with Gasteiger partial charge in [0.1, 0.15) is 12.4 Å². The molecule has 1 aliphatic rings. The van der Waals surface area contributed by atoms with Crippen LogP contribution in [0.25, 0.3) is 22.2 Å². The molecule has 1 fully saturated rings. The van der Waals surface area contributed by atoms with Crippen molar-refractivity contribution in [2.75, 3.05) is 25.0 Å². The van der Waals surface area contributed by atoms with Crippen molar-refractivity contribution in [1.82, 2.24) is 19.7 Å². The number of likely N-dealkylation sites (tertiary alicyclic amines) is 1. The summed E-state index contributed by atoms with van der Waals surface area (Å²) < 4.78 is 97.4. The fourth-order valence-electron chi connectivity index (χ4n) is 5.74. The Hall–Kier alpha value is -4.49. The third-order valence-corrected chi connectivity index (χ3v) is 8.36. The van der Waals surface area contributed by atoms with Crippen molar-refractivity contribution in [2.45, 2.75) is 57.9 Å². The molecule has 0 aliphatic carbocycles. The summed E-state index contributed by atoms with van der Waals surface area (Å²) in [4.78, 5) is 34.2. The number of nitrogens with zero attached hydrogens (tertiary/aromatic N) is 5. The van der Waals surface area contributed by atoms with Crippen LogP contribution < -0.4 is 4.90 Å².